The van der Waals surface area contributed by atoms with Crippen LogP contribution in [0, 0.1) is 0 Å². The zero-order valence-electron chi connectivity index (χ0n) is 10.1. The predicted octanol–water partition coefficient (Wildman–Crippen LogP) is 1.70. The number of carbonyl (C=O) groups excluding carboxylic acids is 1. The Labute approximate surface area is 106 Å². The van der Waals surface area contributed by atoms with Crippen LogP contribution in [0.1, 0.15) is 17.3 Å². The quantitative estimate of drug-likeness (QED) is 0.869. The highest BCUT2D eigenvalue weighted by molar-refractivity contribution is 7.99. The second-order valence-corrected chi connectivity index (χ2v) is 5.25. The minimum Gasteiger partial charge on any atom is -0.373 e. The molecule has 0 spiro atoms. The lowest BCUT2D eigenvalue weighted by Gasteiger charge is -2.33. The summed E-state index contributed by atoms with van der Waals surface area (Å²) in [6.45, 7) is 2.93. The van der Waals surface area contributed by atoms with Gasteiger partial charge in [-0.3, -0.25) is 4.79 Å². The fraction of sp³-hybridized carbons (Fsp3) is 0.500. The number of carbonyl (C=O) groups is 1. The van der Waals surface area contributed by atoms with Gasteiger partial charge in [0, 0.05) is 37.3 Å². The maximum Gasteiger partial charge on any atom is 0.255 e. The van der Waals surface area contributed by atoms with E-state index in [4.69, 9.17) is 0 Å². The molecule has 5 heteroatoms. The summed E-state index contributed by atoms with van der Waals surface area (Å²) in [5.74, 6) is 2.92. The lowest BCUT2D eigenvalue weighted by molar-refractivity contribution is 0.0715. The molecule has 1 fully saturated rings. The van der Waals surface area contributed by atoms with E-state index in [0.717, 1.165) is 23.9 Å². The molecule has 1 aromatic rings. The summed E-state index contributed by atoms with van der Waals surface area (Å²) < 4.78 is 0. The van der Waals surface area contributed by atoms with E-state index in [1.54, 1.807) is 6.20 Å². The molecule has 1 saturated heterocycles. The molecule has 0 saturated carbocycles. The molecule has 92 valence electrons. The largest absolute Gasteiger partial charge is 0.373 e. The molecule has 0 bridgehead atoms. The van der Waals surface area contributed by atoms with Crippen LogP contribution < -0.4 is 5.32 Å². The van der Waals surface area contributed by atoms with Crippen molar-refractivity contribution in [1.82, 2.24) is 9.88 Å². The van der Waals surface area contributed by atoms with Crippen LogP contribution in [0.25, 0.3) is 0 Å². The molecular formula is C12H17N3OS. The minimum absolute atomic E-state index is 0.0907. The van der Waals surface area contributed by atoms with Crippen LogP contribution in [-0.4, -0.2) is 46.9 Å². The summed E-state index contributed by atoms with van der Waals surface area (Å²) in [7, 11) is 1.81. The number of amides is 1. The van der Waals surface area contributed by atoms with Gasteiger partial charge < -0.3 is 10.2 Å². The molecule has 1 amide bonds. The summed E-state index contributed by atoms with van der Waals surface area (Å²) in [5.41, 5.74) is 0.669. The van der Waals surface area contributed by atoms with E-state index >= 15 is 0 Å². The Hall–Kier alpha value is -1.23. The van der Waals surface area contributed by atoms with Gasteiger partial charge in [-0.2, -0.15) is 11.8 Å². The monoisotopic (exact) mass is 251 g/mol. The highest BCUT2D eigenvalue weighted by Gasteiger charge is 2.24. The SMILES string of the molecule is CNc1ccc(C(=O)N2CCSCC2C)cn1. The fourth-order valence-electron chi connectivity index (χ4n) is 1.86. The van der Waals surface area contributed by atoms with Crippen LogP contribution in [0.15, 0.2) is 18.3 Å². The highest BCUT2D eigenvalue weighted by Crippen LogP contribution is 2.18. The van der Waals surface area contributed by atoms with Crippen LogP contribution >= 0.6 is 11.8 Å². The first-order valence-corrected chi connectivity index (χ1v) is 6.90. The molecule has 0 aromatic carbocycles. The van der Waals surface area contributed by atoms with Gasteiger partial charge in [0.15, 0.2) is 0 Å². The smallest absolute Gasteiger partial charge is 0.255 e. The molecule has 1 aromatic heterocycles. The number of thioether (sulfide) groups is 1. The van der Waals surface area contributed by atoms with Crippen LogP contribution in [0.2, 0.25) is 0 Å². The second-order valence-electron chi connectivity index (χ2n) is 4.10. The van der Waals surface area contributed by atoms with Crippen molar-refractivity contribution in [1.29, 1.82) is 0 Å². The molecule has 0 radical (unpaired) electrons. The van der Waals surface area contributed by atoms with E-state index < -0.39 is 0 Å². The van der Waals surface area contributed by atoms with Crippen LogP contribution in [0.5, 0.6) is 0 Å². The number of nitrogens with one attached hydrogen (secondary N) is 1. The van der Waals surface area contributed by atoms with Crippen molar-refractivity contribution in [2.24, 2.45) is 0 Å². The molecule has 1 aliphatic rings. The van der Waals surface area contributed by atoms with E-state index in [0.29, 0.717) is 11.6 Å². The van der Waals surface area contributed by atoms with Gasteiger partial charge >= 0.3 is 0 Å². The normalized spacial score (nSPS) is 20.1. The van der Waals surface area contributed by atoms with Crippen molar-refractivity contribution in [2.45, 2.75) is 13.0 Å². The van der Waals surface area contributed by atoms with Crippen molar-refractivity contribution in [2.75, 3.05) is 30.4 Å². The number of hydrogen-bond acceptors (Lipinski definition) is 4. The van der Waals surface area contributed by atoms with Gasteiger partial charge in [-0.25, -0.2) is 4.98 Å². The summed E-state index contributed by atoms with van der Waals surface area (Å²) in [6, 6.07) is 3.97. The van der Waals surface area contributed by atoms with Crippen molar-refractivity contribution in [3.05, 3.63) is 23.9 Å². The third kappa shape index (κ3) is 2.72. The highest BCUT2D eigenvalue weighted by atomic mass is 32.2. The van der Waals surface area contributed by atoms with Gasteiger partial charge in [-0.15, -0.1) is 0 Å². The molecule has 17 heavy (non-hydrogen) atoms. The Morgan fingerprint density at radius 3 is 3.00 bits per heavy atom. The molecule has 2 rings (SSSR count). The third-order valence-electron chi connectivity index (χ3n) is 2.90. The third-order valence-corrected chi connectivity index (χ3v) is 4.08. The summed E-state index contributed by atoms with van der Waals surface area (Å²) >= 11 is 1.91. The standard InChI is InChI=1S/C12H17N3OS/c1-9-8-17-6-5-15(9)12(16)10-3-4-11(13-2)14-7-10/h3-4,7,9H,5-6,8H2,1-2H3,(H,13,14). The fourth-order valence-corrected chi connectivity index (χ4v) is 2.88. The second kappa shape index (κ2) is 5.40. The molecule has 2 heterocycles. The molecular weight excluding hydrogens is 234 g/mol. The lowest BCUT2D eigenvalue weighted by atomic mass is 10.2. The molecule has 1 atom stereocenters. The van der Waals surface area contributed by atoms with Gasteiger partial charge in [0.25, 0.3) is 5.91 Å². The first-order valence-electron chi connectivity index (χ1n) is 5.75. The van der Waals surface area contributed by atoms with E-state index in [-0.39, 0.29) is 5.91 Å². The zero-order chi connectivity index (χ0) is 12.3. The molecule has 1 unspecified atom stereocenters. The molecule has 4 nitrogen and oxygen atoms in total. The maximum atomic E-state index is 12.3. The summed E-state index contributed by atoms with van der Waals surface area (Å²) in [6.07, 6.45) is 1.64. The van der Waals surface area contributed by atoms with Gasteiger partial charge in [0.2, 0.25) is 0 Å². The van der Waals surface area contributed by atoms with E-state index in [2.05, 4.69) is 17.2 Å². The molecule has 0 aliphatic carbocycles. The summed E-state index contributed by atoms with van der Waals surface area (Å²) in [4.78, 5) is 18.4. The number of aromatic nitrogens is 1. The van der Waals surface area contributed by atoms with Gasteiger partial charge in [-0.1, -0.05) is 0 Å². The van der Waals surface area contributed by atoms with Gasteiger partial charge in [-0.05, 0) is 19.1 Å². The molecule has 1 N–H and O–H groups in total. The van der Waals surface area contributed by atoms with Crippen molar-refractivity contribution in [3.63, 3.8) is 0 Å². The first kappa shape index (κ1) is 12.2. The van der Waals surface area contributed by atoms with E-state index in [1.165, 1.54) is 0 Å². The Bertz CT molecular complexity index is 393. The number of hydrogen-bond donors (Lipinski definition) is 1. The lowest BCUT2D eigenvalue weighted by Crippen LogP contribution is -2.44. The van der Waals surface area contributed by atoms with E-state index in [1.807, 2.05) is 35.8 Å². The Balaban J connectivity index is 2.12. The number of pyridine rings is 1. The van der Waals surface area contributed by atoms with Crippen molar-refractivity contribution >= 4 is 23.5 Å². The average Bonchev–Trinajstić information content (AvgIpc) is 2.39. The van der Waals surface area contributed by atoms with Gasteiger partial charge in [0.1, 0.15) is 5.82 Å². The summed E-state index contributed by atoms with van der Waals surface area (Å²) in [5, 5.41) is 2.94. The number of nitrogens with zero attached hydrogens (tertiary/aromatic N) is 2. The molecule has 1 aliphatic heterocycles. The predicted molar refractivity (Wildman–Crippen MR) is 71.6 cm³/mol. The van der Waals surface area contributed by atoms with Crippen LogP contribution in [-0.2, 0) is 0 Å². The van der Waals surface area contributed by atoms with Gasteiger partial charge in [0.05, 0.1) is 5.56 Å². The zero-order valence-corrected chi connectivity index (χ0v) is 11.0. The Morgan fingerprint density at radius 1 is 1.59 bits per heavy atom. The average molecular weight is 251 g/mol. The van der Waals surface area contributed by atoms with Crippen LogP contribution in [0.3, 0.4) is 0 Å². The van der Waals surface area contributed by atoms with Crippen molar-refractivity contribution in [3.8, 4) is 0 Å². The van der Waals surface area contributed by atoms with E-state index in [9.17, 15) is 4.79 Å². The van der Waals surface area contributed by atoms with Crippen molar-refractivity contribution < 1.29 is 4.79 Å². The maximum absolute atomic E-state index is 12.3. The van der Waals surface area contributed by atoms with Crippen LogP contribution in [0.4, 0.5) is 5.82 Å². The topological polar surface area (TPSA) is 45.2 Å². The Morgan fingerprint density at radius 2 is 2.41 bits per heavy atom. The number of anilines is 1. The Kier molecular flexibility index (Phi) is 3.89. The minimum atomic E-state index is 0.0907. The first-order chi connectivity index (χ1) is 8.22. The number of rotatable bonds is 2.